The Labute approximate surface area is 297 Å². The smallest absolute Gasteiger partial charge is 0.333 e. The minimum atomic E-state index is -0.0312. The van der Waals surface area contributed by atoms with Crippen molar-refractivity contribution < 1.29 is 0 Å². The second kappa shape index (κ2) is 11.0. The fraction of sp³-hybridized carbons (Fsp3) is 0. The minimum Gasteiger partial charge on any atom is -0.376 e. The van der Waals surface area contributed by atoms with Crippen molar-refractivity contribution in [3.63, 3.8) is 0 Å². The first-order valence-electron chi connectivity index (χ1n) is 17.7. The van der Waals surface area contributed by atoms with E-state index in [0.717, 1.165) is 0 Å². The molecule has 9 aromatic carbocycles. The van der Waals surface area contributed by atoms with E-state index in [-0.39, 0.29) is 6.85 Å². The molecule has 9 aromatic rings. The Bertz CT molecular complexity index is 2840. The molecule has 0 aromatic heterocycles. The van der Waals surface area contributed by atoms with Crippen molar-refractivity contribution in [1.29, 1.82) is 0 Å². The average molecular weight is 647 g/mol. The van der Waals surface area contributed by atoms with Crippen LogP contribution in [0.25, 0.3) is 54.6 Å². The summed E-state index contributed by atoms with van der Waals surface area (Å²) in [7, 11) is 0. The zero-order valence-electron chi connectivity index (χ0n) is 27.9. The molecule has 2 aliphatic rings. The number of rotatable bonds is 3. The van der Waals surface area contributed by atoms with Gasteiger partial charge in [0, 0.05) is 44.6 Å². The van der Waals surface area contributed by atoms with Crippen molar-refractivity contribution >= 4 is 78.5 Å². The van der Waals surface area contributed by atoms with Gasteiger partial charge in [0.1, 0.15) is 0 Å². The molecule has 0 N–H and O–H groups in total. The first-order valence-corrected chi connectivity index (χ1v) is 17.7. The molecule has 0 atom stereocenters. The fourth-order valence-electron chi connectivity index (χ4n) is 8.98. The number of hydrogen-bond acceptors (Lipinski definition) is 2. The van der Waals surface area contributed by atoms with Gasteiger partial charge in [0.15, 0.2) is 0 Å². The summed E-state index contributed by atoms with van der Waals surface area (Å²) < 4.78 is 0. The Balaban J connectivity index is 1.29. The monoisotopic (exact) mass is 646 g/mol. The molecule has 2 nitrogen and oxygen atoms in total. The molecule has 0 saturated carbocycles. The van der Waals surface area contributed by atoms with Gasteiger partial charge in [-0.3, -0.25) is 0 Å². The van der Waals surface area contributed by atoms with E-state index in [4.69, 9.17) is 0 Å². The summed E-state index contributed by atoms with van der Waals surface area (Å²) in [6, 6.07) is 69.3. The first kappa shape index (κ1) is 28.3. The quantitative estimate of drug-likeness (QED) is 0.139. The fourth-order valence-corrected chi connectivity index (χ4v) is 8.98. The van der Waals surface area contributed by atoms with Gasteiger partial charge in [-0.1, -0.05) is 164 Å². The van der Waals surface area contributed by atoms with Gasteiger partial charge in [-0.15, -0.1) is 0 Å². The zero-order valence-corrected chi connectivity index (χ0v) is 27.9. The van der Waals surface area contributed by atoms with Crippen molar-refractivity contribution in [2.24, 2.45) is 0 Å². The maximum absolute atomic E-state index is 2.61. The number of fused-ring (bicyclic) bond motifs is 8. The van der Waals surface area contributed by atoms with Crippen LogP contribution in [0, 0.1) is 0 Å². The Morgan fingerprint density at radius 2 is 0.902 bits per heavy atom. The summed E-state index contributed by atoms with van der Waals surface area (Å²) in [6.45, 7) is -0.0312. The molecule has 236 valence electrons. The highest BCUT2D eigenvalue weighted by molar-refractivity contribution is 6.93. The number of benzene rings is 9. The molecule has 51 heavy (non-hydrogen) atoms. The number of hydrogen-bond donors (Lipinski definition) is 0. The molecule has 0 unspecified atom stereocenters. The first-order chi connectivity index (χ1) is 25.4. The van der Waals surface area contributed by atoms with Crippen molar-refractivity contribution in [2.75, 3.05) is 9.71 Å². The van der Waals surface area contributed by atoms with E-state index in [9.17, 15) is 0 Å². The molecule has 2 aliphatic heterocycles. The van der Waals surface area contributed by atoms with Crippen molar-refractivity contribution in [3.8, 4) is 22.3 Å². The number of para-hydroxylation sites is 2. The predicted octanol–water partition coefficient (Wildman–Crippen LogP) is 11.5. The normalized spacial score (nSPS) is 13.0. The van der Waals surface area contributed by atoms with Gasteiger partial charge >= 0.3 is 6.85 Å². The highest BCUT2D eigenvalue weighted by Crippen LogP contribution is 2.52. The average Bonchev–Trinajstić information content (AvgIpc) is 3.21. The standard InChI is InChI=1S/C48H31BN2/c1-2-17-33(18-3-1)46-38-24-8-6-21-35(38)36-22-7-9-25-40(36)48(46)50-44-29-13-11-27-41(44)49-47-39(26-15-31-45(47)50)37-23-10-12-28-43(37)51(49)42-30-14-19-32-16-4-5-20-34(32)42/h1-31H. The largest absolute Gasteiger partial charge is 0.376 e. The van der Waals surface area contributed by atoms with E-state index in [1.165, 1.54) is 93.9 Å². The summed E-state index contributed by atoms with van der Waals surface area (Å²) in [5.41, 5.74) is 13.7. The second-order valence-electron chi connectivity index (χ2n) is 13.6. The molecule has 3 heteroatoms. The topological polar surface area (TPSA) is 6.48 Å². The van der Waals surface area contributed by atoms with Crippen LogP contribution in [0.3, 0.4) is 0 Å². The van der Waals surface area contributed by atoms with Gasteiger partial charge in [0.25, 0.3) is 0 Å². The van der Waals surface area contributed by atoms with Gasteiger partial charge < -0.3 is 9.71 Å². The lowest BCUT2D eigenvalue weighted by Gasteiger charge is -2.46. The van der Waals surface area contributed by atoms with Crippen LogP contribution >= 0.6 is 0 Å². The van der Waals surface area contributed by atoms with Crippen LogP contribution in [-0.4, -0.2) is 6.85 Å². The molecule has 11 rings (SSSR count). The third-order valence-corrected chi connectivity index (χ3v) is 11.0. The van der Waals surface area contributed by atoms with E-state index >= 15 is 0 Å². The van der Waals surface area contributed by atoms with Crippen LogP contribution in [0.5, 0.6) is 0 Å². The Morgan fingerprint density at radius 1 is 0.353 bits per heavy atom. The summed E-state index contributed by atoms with van der Waals surface area (Å²) in [5.74, 6) is 0. The molecule has 0 fully saturated rings. The van der Waals surface area contributed by atoms with E-state index in [0.29, 0.717) is 0 Å². The van der Waals surface area contributed by atoms with E-state index in [2.05, 4.69) is 198 Å². The SMILES string of the molecule is c1ccc(-c2c(N3c4ccccc4B4c5c(cccc53)-c3ccccc3N4c3cccc4ccccc34)c3ccccc3c3ccccc23)cc1. The minimum absolute atomic E-state index is 0.0312. The van der Waals surface area contributed by atoms with Gasteiger partial charge in [0.05, 0.1) is 5.69 Å². The van der Waals surface area contributed by atoms with Gasteiger partial charge in [-0.05, 0) is 67.9 Å². The zero-order chi connectivity index (χ0) is 33.5. The highest BCUT2D eigenvalue weighted by atomic mass is 15.2. The molecule has 2 heterocycles. The lowest BCUT2D eigenvalue weighted by Crippen LogP contribution is -2.61. The van der Waals surface area contributed by atoms with Crippen LogP contribution < -0.4 is 20.6 Å². The summed E-state index contributed by atoms with van der Waals surface area (Å²) >= 11 is 0. The molecule has 0 spiro atoms. The third kappa shape index (κ3) is 4.00. The van der Waals surface area contributed by atoms with Gasteiger partial charge in [-0.25, -0.2) is 0 Å². The van der Waals surface area contributed by atoms with E-state index in [1.54, 1.807) is 0 Å². The maximum Gasteiger partial charge on any atom is 0.333 e. The summed E-state index contributed by atoms with van der Waals surface area (Å²) in [4.78, 5) is 5.19. The maximum atomic E-state index is 2.61. The third-order valence-electron chi connectivity index (χ3n) is 11.0. The molecule has 0 bridgehead atoms. The molecular weight excluding hydrogens is 615 g/mol. The highest BCUT2D eigenvalue weighted by Gasteiger charge is 2.45. The summed E-state index contributed by atoms with van der Waals surface area (Å²) in [5, 5.41) is 7.52. The van der Waals surface area contributed by atoms with Crippen LogP contribution in [0.2, 0.25) is 0 Å². The molecule has 0 saturated heterocycles. The lowest BCUT2D eigenvalue weighted by atomic mass is 9.43. The summed E-state index contributed by atoms with van der Waals surface area (Å²) in [6.07, 6.45) is 0. The molecular formula is C48H31BN2. The Kier molecular flexibility index (Phi) is 6.08. The van der Waals surface area contributed by atoms with Crippen molar-refractivity contribution in [1.82, 2.24) is 0 Å². The number of nitrogens with zero attached hydrogens (tertiary/aromatic N) is 2. The van der Waals surface area contributed by atoms with E-state index in [1.807, 2.05) is 0 Å². The van der Waals surface area contributed by atoms with Gasteiger partial charge in [0.2, 0.25) is 0 Å². The Hall–Kier alpha value is -6.58. The van der Waals surface area contributed by atoms with E-state index < -0.39 is 0 Å². The van der Waals surface area contributed by atoms with Crippen LogP contribution in [0.15, 0.2) is 188 Å². The second-order valence-corrected chi connectivity index (χ2v) is 13.6. The number of anilines is 5. The van der Waals surface area contributed by atoms with Crippen molar-refractivity contribution in [3.05, 3.63) is 188 Å². The molecule has 0 radical (unpaired) electrons. The predicted molar refractivity (Wildman–Crippen MR) is 218 cm³/mol. The Morgan fingerprint density at radius 3 is 1.75 bits per heavy atom. The van der Waals surface area contributed by atoms with Crippen LogP contribution in [-0.2, 0) is 0 Å². The van der Waals surface area contributed by atoms with Gasteiger partial charge in [-0.2, -0.15) is 0 Å². The van der Waals surface area contributed by atoms with Crippen molar-refractivity contribution in [2.45, 2.75) is 0 Å². The molecule has 0 aliphatic carbocycles. The van der Waals surface area contributed by atoms with Crippen LogP contribution in [0.4, 0.5) is 28.4 Å². The lowest BCUT2D eigenvalue weighted by molar-refractivity contribution is 1.29. The van der Waals surface area contributed by atoms with Crippen LogP contribution in [0.1, 0.15) is 0 Å². The molecule has 0 amide bonds.